The van der Waals surface area contributed by atoms with Crippen molar-refractivity contribution in [2.75, 3.05) is 7.05 Å². The van der Waals surface area contributed by atoms with Gasteiger partial charge in [-0.3, -0.25) is 0 Å². The standard InChI is InChI=1S/C6H8F2N2O.ClH/c1-9-3-4-2-5(6(7)8)11-10-4;/h2,6,9H,3H2,1H3;1H. The van der Waals surface area contributed by atoms with Gasteiger partial charge in [-0.05, 0) is 7.05 Å². The Balaban J connectivity index is 0.00000121. The Hall–Kier alpha value is -0.680. The van der Waals surface area contributed by atoms with E-state index in [9.17, 15) is 8.78 Å². The van der Waals surface area contributed by atoms with Crippen LogP contribution in [0.15, 0.2) is 10.6 Å². The van der Waals surface area contributed by atoms with E-state index in [1.165, 1.54) is 6.07 Å². The Morgan fingerprint density at radius 2 is 2.33 bits per heavy atom. The maximum absolute atomic E-state index is 11.9. The Bertz CT molecular complexity index is 229. The summed E-state index contributed by atoms with van der Waals surface area (Å²) in [6.07, 6.45) is -2.58. The molecule has 0 fully saturated rings. The van der Waals surface area contributed by atoms with Crippen LogP contribution in [0.4, 0.5) is 8.78 Å². The van der Waals surface area contributed by atoms with E-state index in [1.54, 1.807) is 7.05 Å². The molecule has 0 aliphatic heterocycles. The van der Waals surface area contributed by atoms with Gasteiger partial charge in [-0.1, -0.05) is 5.16 Å². The van der Waals surface area contributed by atoms with Gasteiger partial charge in [0.15, 0.2) is 0 Å². The summed E-state index contributed by atoms with van der Waals surface area (Å²) in [6.45, 7) is 0.441. The van der Waals surface area contributed by atoms with Crippen LogP contribution in [0, 0.1) is 0 Å². The van der Waals surface area contributed by atoms with Crippen LogP contribution in [-0.2, 0) is 6.54 Å². The molecular formula is C6H9ClF2N2O. The third kappa shape index (κ3) is 2.75. The zero-order chi connectivity index (χ0) is 8.27. The van der Waals surface area contributed by atoms with Crippen molar-refractivity contribution in [1.82, 2.24) is 10.5 Å². The minimum Gasteiger partial charge on any atom is -0.355 e. The summed E-state index contributed by atoms with van der Waals surface area (Å²) in [4.78, 5) is 0. The average molecular weight is 199 g/mol. The van der Waals surface area contributed by atoms with E-state index in [-0.39, 0.29) is 18.2 Å². The molecule has 1 N–H and O–H groups in total. The number of nitrogens with one attached hydrogen (secondary N) is 1. The predicted molar refractivity (Wildman–Crippen MR) is 41.5 cm³/mol. The fourth-order valence-electron chi connectivity index (χ4n) is 0.696. The molecule has 12 heavy (non-hydrogen) atoms. The van der Waals surface area contributed by atoms with E-state index >= 15 is 0 Å². The molecule has 70 valence electrons. The van der Waals surface area contributed by atoms with Crippen LogP contribution in [0.3, 0.4) is 0 Å². The fourth-order valence-corrected chi connectivity index (χ4v) is 0.696. The zero-order valence-electron chi connectivity index (χ0n) is 6.38. The van der Waals surface area contributed by atoms with E-state index < -0.39 is 6.43 Å². The highest BCUT2D eigenvalue weighted by atomic mass is 35.5. The number of hydrogen-bond donors (Lipinski definition) is 1. The molecule has 1 heterocycles. The minimum absolute atomic E-state index is 0. The molecule has 0 aliphatic carbocycles. The Kier molecular flexibility index (Phi) is 4.77. The number of halogens is 3. The molecule has 1 rings (SSSR count). The number of aromatic nitrogens is 1. The Morgan fingerprint density at radius 1 is 1.67 bits per heavy atom. The summed E-state index contributed by atoms with van der Waals surface area (Å²) < 4.78 is 28.1. The van der Waals surface area contributed by atoms with E-state index in [0.717, 1.165) is 0 Å². The summed E-state index contributed by atoms with van der Waals surface area (Å²) in [5, 5.41) is 6.18. The summed E-state index contributed by atoms with van der Waals surface area (Å²) in [6, 6.07) is 1.24. The third-order valence-electron chi connectivity index (χ3n) is 1.15. The first-order chi connectivity index (χ1) is 5.24. The predicted octanol–water partition coefficient (Wildman–Crippen LogP) is 1.75. The number of alkyl halides is 2. The maximum Gasteiger partial charge on any atom is 0.298 e. The number of hydrogen-bond acceptors (Lipinski definition) is 3. The van der Waals surface area contributed by atoms with E-state index in [2.05, 4.69) is 15.0 Å². The molecule has 3 nitrogen and oxygen atoms in total. The topological polar surface area (TPSA) is 38.1 Å². The van der Waals surface area contributed by atoms with Gasteiger partial charge in [0.1, 0.15) is 0 Å². The van der Waals surface area contributed by atoms with Gasteiger partial charge in [-0.2, -0.15) is 0 Å². The van der Waals surface area contributed by atoms with Crippen molar-refractivity contribution in [3.05, 3.63) is 17.5 Å². The normalized spacial score (nSPS) is 10.0. The minimum atomic E-state index is -2.58. The second-order valence-corrected chi connectivity index (χ2v) is 2.05. The highest BCUT2D eigenvalue weighted by Crippen LogP contribution is 2.18. The van der Waals surface area contributed by atoms with Gasteiger partial charge < -0.3 is 9.84 Å². The first-order valence-corrected chi connectivity index (χ1v) is 3.12. The molecule has 0 bridgehead atoms. The highest BCUT2D eigenvalue weighted by molar-refractivity contribution is 5.85. The van der Waals surface area contributed by atoms with Gasteiger partial charge >= 0.3 is 0 Å². The molecule has 6 heteroatoms. The average Bonchev–Trinajstić information content (AvgIpc) is 2.37. The van der Waals surface area contributed by atoms with Gasteiger partial charge in [0.2, 0.25) is 5.76 Å². The van der Waals surface area contributed by atoms with Crippen molar-refractivity contribution in [3.8, 4) is 0 Å². The Morgan fingerprint density at radius 3 is 2.75 bits per heavy atom. The molecule has 1 aromatic rings. The summed E-state index contributed by atoms with van der Waals surface area (Å²) >= 11 is 0. The van der Waals surface area contributed by atoms with Gasteiger partial charge in [0.05, 0.1) is 5.69 Å². The van der Waals surface area contributed by atoms with Crippen molar-refractivity contribution >= 4 is 12.4 Å². The van der Waals surface area contributed by atoms with Crippen LogP contribution in [0.2, 0.25) is 0 Å². The summed E-state index contributed by atoms with van der Waals surface area (Å²) in [5.74, 6) is -0.379. The van der Waals surface area contributed by atoms with E-state index in [0.29, 0.717) is 12.2 Å². The quantitative estimate of drug-likeness (QED) is 0.804. The number of nitrogens with zero attached hydrogens (tertiary/aromatic N) is 1. The van der Waals surface area contributed by atoms with Crippen molar-refractivity contribution < 1.29 is 13.3 Å². The first kappa shape index (κ1) is 11.3. The van der Waals surface area contributed by atoms with Gasteiger partial charge in [-0.25, -0.2) is 8.78 Å². The molecule has 1 aromatic heterocycles. The lowest BCUT2D eigenvalue weighted by molar-refractivity contribution is 0.112. The van der Waals surface area contributed by atoms with Crippen molar-refractivity contribution in [2.24, 2.45) is 0 Å². The molecule has 0 aromatic carbocycles. The second kappa shape index (κ2) is 5.05. The van der Waals surface area contributed by atoms with Crippen LogP contribution < -0.4 is 5.32 Å². The van der Waals surface area contributed by atoms with E-state index in [1.807, 2.05) is 0 Å². The third-order valence-corrected chi connectivity index (χ3v) is 1.15. The molecule has 0 unspecified atom stereocenters. The monoisotopic (exact) mass is 198 g/mol. The maximum atomic E-state index is 11.9. The first-order valence-electron chi connectivity index (χ1n) is 3.12. The van der Waals surface area contributed by atoms with Gasteiger partial charge in [0.25, 0.3) is 6.43 Å². The summed E-state index contributed by atoms with van der Waals surface area (Å²) in [7, 11) is 1.71. The van der Waals surface area contributed by atoms with Gasteiger partial charge in [0, 0.05) is 12.6 Å². The number of rotatable bonds is 3. The Labute approximate surface area is 74.5 Å². The smallest absolute Gasteiger partial charge is 0.298 e. The molecule has 0 aliphatic rings. The van der Waals surface area contributed by atoms with Crippen LogP contribution >= 0.6 is 12.4 Å². The SMILES string of the molecule is CNCc1cc(C(F)F)on1.Cl. The molecule has 0 saturated carbocycles. The van der Waals surface area contributed by atoms with Crippen molar-refractivity contribution in [1.29, 1.82) is 0 Å². The lowest BCUT2D eigenvalue weighted by Gasteiger charge is -1.87. The highest BCUT2D eigenvalue weighted by Gasteiger charge is 2.13. The largest absolute Gasteiger partial charge is 0.355 e. The lowest BCUT2D eigenvalue weighted by Crippen LogP contribution is -2.04. The molecule has 0 radical (unpaired) electrons. The summed E-state index contributed by atoms with van der Waals surface area (Å²) in [5.41, 5.74) is 0.489. The van der Waals surface area contributed by atoms with Crippen molar-refractivity contribution in [3.63, 3.8) is 0 Å². The molecular weight excluding hydrogens is 190 g/mol. The van der Waals surface area contributed by atoms with Crippen LogP contribution in [-0.4, -0.2) is 12.2 Å². The van der Waals surface area contributed by atoms with Crippen molar-refractivity contribution in [2.45, 2.75) is 13.0 Å². The molecule has 0 amide bonds. The molecule has 0 atom stereocenters. The molecule has 0 spiro atoms. The van der Waals surface area contributed by atoms with Crippen LogP contribution in [0.25, 0.3) is 0 Å². The van der Waals surface area contributed by atoms with Crippen LogP contribution in [0.5, 0.6) is 0 Å². The lowest BCUT2D eigenvalue weighted by atomic mass is 10.4. The molecule has 0 saturated heterocycles. The van der Waals surface area contributed by atoms with Gasteiger partial charge in [-0.15, -0.1) is 12.4 Å². The zero-order valence-corrected chi connectivity index (χ0v) is 7.20. The van der Waals surface area contributed by atoms with E-state index in [4.69, 9.17) is 0 Å². The fraction of sp³-hybridized carbons (Fsp3) is 0.500. The van der Waals surface area contributed by atoms with Crippen LogP contribution in [0.1, 0.15) is 17.9 Å². The second-order valence-electron chi connectivity index (χ2n) is 2.05.